The van der Waals surface area contributed by atoms with E-state index >= 15 is 0 Å². The Bertz CT molecular complexity index is 284. The normalized spacial score (nSPS) is 21.4. The Morgan fingerprint density at radius 3 is 2.46 bits per heavy atom. The summed E-state index contributed by atoms with van der Waals surface area (Å²) in [7, 11) is 3.77. The van der Waals surface area contributed by atoms with Crippen LogP contribution in [-0.2, 0) is 4.79 Å². The molecule has 0 aliphatic heterocycles. The molecule has 0 aromatic heterocycles. The van der Waals surface area contributed by atoms with Crippen LogP contribution in [0.2, 0.25) is 0 Å². The van der Waals surface area contributed by atoms with Gasteiger partial charge in [0, 0.05) is 14.1 Å². The summed E-state index contributed by atoms with van der Waals surface area (Å²) < 4.78 is 0. The van der Waals surface area contributed by atoms with Gasteiger partial charge < -0.3 is 4.90 Å². The lowest BCUT2D eigenvalue weighted by Gasteiger charge is -2.30. The summed E-state index contributed by atoms with van der Waals surface area (Å²) >= 11 is 0. The van der Waals surface area contributed by atoms with Crippen molar-refractivity contribution in [2.45, 2.75) is 20.3 Å². The molecule has 0 unspecified atom stereocenters. The number of Topliss-reactive ketones (excluding diaryl/α,β-unsaturated/α-hetero) is 1. The zero-order chi connectivity index (χ0) is 10.2. The molecule has 1 aliphatic carbocycles. The summed E-state index contributed by atoms with van der Waals surface area (Å²) in [5.41, 5.74) is 1.54. The topological polar surface area (TPSA) is 20.3 Å². The first kappa shape index (κ1) is 10.0. The quantitative estimate of drug-likeness (QED) is 0.574. The molecule has 0 amide bonds. The predicted molar refractivity (Wildman–Crippen MR) is 54.3 cm³/mol. The van der Waals surface area contributed by atoms with E-state index in [0.717, 1.165) is 17.7 Å². The van der Waals surface area contributed by atoms with E-state index in [1.807, 2.05) is 25.1 Å². The Balaban J connectivity index is 3.10. The van der Waals surface area contributed by atoms with Gasteiger partial charge in [-0.25, -0.2) is 0 Å². The SMILES string of the molecule is C=C1CC(C)(C)C=C(N(C)C)C1=O. The number of hydrogen-bond acceptors (Lipinski definition) is 2. The minimum absolute atomic E-state index is 0.0601. The van der Waals surface area contributed by atoms with E-state index < -0.39 is 0 Å². The van der Waals surface area contributed by atoms with Crippen molar-refractivity contribution in [3.8, 4) is 0 Å². The standard InChI is InChI=1S/C11H17NO/c1-8-6-11(2,3)7-9(10(8)13)12(4)5/h7H,1,6H2,2-5H3. The molecule has 2 nitrogen and oxygen atoms in total. The minimum Gasteiger partial charge on any atom is -0.375 e. The monoisotopic (exact) mass is 179 g/mol. The van der Waals surface area contributed by atoms with Crippen LogP contribution in [0.25, 0.3) is 0 Å². The van der Waals surface area contributed by atoms with Crippen molar-refractivity contribution in [2.75, 3.05) is 14.1 Å². The number of ketones is 1. The molecule has 2 heteroatoms. The summed E-state index contributed by atoms with van der Waals surface area (Å²) in [5, 5.41) is 0. The van der Waals surface area contributed by atoms with E-state index in [0.29, 0.717) is 0 Å². The third-order valence-electron chi connectivity index (χ3n) is 2.23. The molecule has 0 aromatic carbocycles. The van der Waals surface area contributed by atoms with E-state index in [-0.39, 0.29) is 11.2 Å². The molecule has 0 spiro atoms. The van der Waals surface area contributed by atoms with Crippen LogP contribution >= 0.6 is 0 Å². The van der Waals surface area contributed by atoms with Gasteiger partial charge in [0.05, 0.1) is 5.70 Å². The largest absolute Gasteiger partial charge is 0.375 e. The molecular formula is C11H17NO. The lowest BCUT2D eigenvalue weighted by atomic mass is 9.78. The summed E-state index contributed by atoms with van der Waals surface area (Å²) in [6.45, 7) is 8.04. The van der Waals surface area contributed by atoms with Gasteiger partial charge in [-0.05, 0) is 17.4 Å². The van der Waals surface area contributed by atoms with Crippen LogP contribution in [0.1, 0.15) is 20.3 Å². The number of hydrogen-bond donors (Lipinski definition) is 0. The van der Waals surface area contributed by atoms with Gasteiger partial charge in [0.15, 0.2) is 0 Å². The van der Waals surface area contributed by atoms with Crippen molar-refractivity contribution in [3.63, 3.8) is 0 Å². The van der Waals surface area contributed by atoms with E-state index in [2.05, 4.69) is 20.4 Å². The number of carbonyl (C=O) groups is 1. The minimum atomic E-state index is 0.0601. The maximum absolute atomic E-state index is 11.6. The number of likely N-dealkylation sites (N-methyl/N-ethyl adjacent to an activating group) is 1. The van der Waals surface area contributed by atoms with Gasteiger partial charge in [0.2, 0.25) is 5.78 Å². The molecular weight excluding hydrogens is 162 g/mol. The molecule has 0 atom stereocenters. The second kappa shape index (κ2) is 3.02. The smallest absolute Gasteiger partial charge is 0.204 e. The van der Waals surface area contributed by atoms with Crippen LogP contribution in [0.5, 0.6) is 0 Å². The van der Waals surface area contributed by atoms with Crippen molar-refractivity contribution in [1.82, 2.24) is 4.90 Å². The van der Waals surface area contributed by atoms with Crippen LogP contribution < -0.4 is 0 Å². The van der Waals surface area contributed by atoms with E-state index in [1.165, 1.54) is 0 Å². The van der Waals surface area contributed by atoms with Gasteiger partial charge in [-0.2, -0.15) is 0 Å². The molecule has 0 bridgehead atoms. The fourth-order valence-electron chi connectivity index (χ4n) is 1.63. The van der Waals surface area contributed by atoms with Crippen LogP contribution in [-0.4, -0.2) is 24.8 Å². The first-order valence-electron chi connectivity index (χ1n) is 4.46. The molecule has 0 aromatic rings. The van der Waals surface area contributed by atoms with E-state index in [9.17, 15) is 4.79 Å². The first-order valence-corrected chi connectivity index (χ1v) is 4.46. The molecule has 0 saturated heterocycles. The van der Waals surface area contributed by atoms with Gasteiger partial charge >= 0.3 is 0 Å². The van der Waals surface area contributed by atoms with Gasteiger partial charge in [0.1, 0.15) is 0 Å². The highest BCUT2D eigenvalue weighted by molar-refractivity contribution is 6.08. The maximum atomic E-state index is 11.6. The van der Waals surface area contributed by atoms with E-state index in [4.69, 9.17) is 0 Å². The highest BCUT2D eigenvalue weighted by Crippen LogP contribution is 2.34. The molecule has 72 valence electrons. The van der Waals surface area contributed by atoms with E-state index in [1.54, 1.807) is 0 Å². The zero-order valence-electron chi connectivity index (χ0n) is 8.85. The number of rotatable bonds is 1. The van der Waals surface area contributed by atoms with Gasteiger partial charge in [-0.1, -0.05) is 26.5 Å². The van der Waals surface area contributed by atoms with Crippen LogP contribution in [0.15, 0.2) is 23.9 Å². The highest BCUT2D eigenvalue weighted by Gasteiger charge is 2.29. The summed E-state index contributed by atoms with van der Waals surface area (Å²) in [5.74, 6) is 0.0873. The third-order valence-corrected chi connectivity index (χ3v) is 2.23. The summed E-state index contributed by atoms with van der Waals surface area (Å²) in [6, 6.07) is 0. The van der Waals surface area contributed by atoms with Crippen molar-refractivity contribution in [3.05, 3.63) is 23.9 Å². The molecule has 0 saturated carbocycles. The Hall–Kier alpha value is -1.05. The van der Waals surface area contributed by atoms with Crippen molar-refractivity contribution in [2.24, 2.45) is 5.41 Å². The molecule has 1 aliphatic rings. The van der Waals surface area contributed by atoms with Gasteiger partial charge in [-0.3, -0.25) is 4.79 Å². The molecule has 0 heterocycles. The Morgan fingerprint density at radius 2 is 2.00 bits per heavy atom. The molecule has 1 rings (SSSR count). The number of allylic oxidation sites excluding steroid dienone is 2. The Labute approximate surface area is 79.9 Å². The zero-order valence-corrected chi connectivity index (χ0v) is 8.85. The number of nitrogens with zero attached hydrogens (tertiary/aromatic N) is 1. The average molecular weight is 179 g/mol. The summed E-state index contributed by atoms with van der Waals surface area (Å²) in [4.78, 5) is 13.5. The number of carbonyl (C=O) groups excluding carboxylic acids is 1. The lowest BCUT2D eigenvalue weighted by Crippen LogP contribution is -2.29. The second-order valence-corrected chi connectivity index (χ2v) is 4.52. The van der Waals surface area contributed by atoms with Crippen LogP contribution in [0.4, 0.5) is 0 Å². The predicted octanol–water partition coefficient (Wildman–Crippen LogP) is 1.99. The average Bonchev–Trinajstić information content (AvgIpc) is 1.95. The van der Waals surface area contributed by atoms with Gasteiger partial charge in [0.25, 0.3) is 0 Å². The lowest BCUT2D eigenvalue weighted by molar-refractivity contribution is -0.114. The van der Waals surface area contributed by atoms with Crippen LogP contribution in [0, 0.1) is 5.41 Å². The maximum Gasteiger partial charge on any atom is 0.204 e. The van der Waals surface area contributed by atoms with Crippen molar-refractivity contribution >= 4 is 5.78 Å². The molecule has 13 heavy (non-hydrogen) atoms. The molecule has 0 N–H and O–H groups in total. The Kier molecular flexibility index (Phi) is 2.33. The highest BCUT2D eigenvalue weighted by atomic mass is 16.1. The Morgan fingerprint density at radius 1 is 1.46 bits per heavy atom. The second-order valence-electron chi connectivity index (χ2n) is 4.52. The van der Waals surface area contributed by atoms with Crippen molar-refractivity contribution in [1.29, 1.82) is 0 Å². The van der Waals surface area contributed by atoms with Crippen molar-refractivity contribution < 1.29 is 4.79 Å². The third kappa shape index (κ3) is 2.00. The first-order chi connectivity index (χ1) is 5.83. The fraction of sp³-hybridized carbons (Fsp3) is 0.545. The van der Waals surface area contributed by atoms with Gasteiger partial charge in [-0.15, -0.1) is 0 Å². The fourth-order valence-corrected chi connectivity index (χ4v) is 1.63. The van der Waals surface area contributed by atoms with Crippen LogP contribution in [0.3, 0.4) is 0 Å². The molecule has 0 fully saturated rings. The summed E-state index contributed by atoms with van der Waals surface area (Å²) in [6.07, 6.45) is 2.80. The molecule has 0 radical (unpaired) electrons.